The third-order valence-corrected chi connectivity index (χ3v) is 6.05. The van der Waals surface area contributed by atoms with Gasteiger partial charge in [0.1, 0.15) is 0 Å². The van der Waals surface area contributed by atoms with Gasteiger partial charge in [0, 0.05) is 32.7 Å². The van der Waals surface area contributed by atoms with E-state index in [0.29, 0.717) is 24.7 Å². The molecule has 0 bridgehead atoms. The second-order valence-corrected chi connectivity index (χ2v) is 8.12. The van der Waals surface area contributed by atoms with Gasteiger partial charge < -0.3 is 20.4 Å². The van der Waals surface area contributed by atoms with Crippen molar-refractivity contribution in [3.63, 3.8) is 0 Å². The Labute approximate surface area is 190 Å². The number of likely N-dealkylation sites (tertiary alicyclic amines) is 1. The van der Waals surface area contributed by atoms with Gasteiger partial charge >= 0.3 is 0 Å². The fourth-order valence-corrected chi connectivity index (χ4v) is 4.41. The smallest absolute Gasteiger partial charge is 0.274 e. The van der Waals surface area contributed by atoms with E-state index >= 15 is 0 Å². The maximum atomic E-state index is 12.8. The molecule has 0 aromatic carbocycles. The second kappa shape index (κ2) is 11.7. The number of halogens is 2. The highest BCUT2D eigenvalue weighted by atomic mass is 35.5. The fraction of sp³-hybridized carbons (Fsp3) is 0.700. The molecule has 3 fully saturated rings. The van der Waals surface area contributed by atoms with E-state index in [2.05, 4.69) is 25.7 Å². The summed E-state index contributed by atoms with van der Waals surface area (Å²) in [6, 6.07) is 3.65. The quantitative estimate of drug-likeness (QED) is 0.696. The molecule has 2 N–H and O–H groups in total. The molecule has 2 atom stereocenters. The van der Waals surface area contributed by atoms with E-state index in [0.717, 1.165) is 57.7 Å². The third kappa shape index (κ3) is 5.95. The summed E-state index contributed by atoms with van der Waals surface area (Å²) in [5.41, 5.74) is 0.405. The Morgan fingerprint density at radius 2 is 1.83 bits per heavy atom. The highest BCUT2D eigenvalue weighted by Gasteiger charge is 2.27. The van der Waals surface area contributed by atoms with Gasteiger partial charge in [-0.2, -0.15) is 0 Å². The molecule has 10 heteroatoms. The van der Waals surface area contributed by atoms with Crippen molar-refractivity contribution in [1.29, 1.82) is 0 Å². The maximum absolute atomic E-state index is 12.8. The molecule has 0 saturated carbocycles. The van der Waals surface area contributed by atoms with Crippen LogP contribution in [0.15, 0.2) is 12.1 Å². The molecule has 168 valence electrons. The number of piperidine rings is 1. The molecule has 3 saturated heterocycles. The average molecular weight is 459 g/mol. The van der Waals surface area contributed by atoms with Crippen molar-refractivity contribution in [1.82, 2.24) is 25.7 Å². The minimum atomic E-state index is -0.0611. The molecule has 0 aliphatic carbocycles. The van der Waals surface area contributed by atoms with Crippen molar-refractivity contribution in [2.75, 3.05) is 44.2 Å². The molecule has 0 spiro atoms. The van der Waals surface area contributed by atoms with Crippen LogP contribution >= 0.6 is 24.8 Å². The van der Waals surface area contributed by atoms with Gasteiger partial charge in [-0.25, -0.2) is 0 Å². The highest BCUT2D eigenvalue weighted by Crippen LogP contribution is 2.20. The predicted octanol–water partition coefficient (Wildman–Crippen LogP) is 1.64. The largest absolute Gasteiger partial charge is 0.355 e. The molecule has 4 rings (SSSR count). The number of amides is 2. The Balaban J connectivity index is 0.00000160. The zero-order valence-corrected chi connectivity index (χ0v) is 18.8. The maximum Gasteiger partial charge on any atom is 0.274 e. The Hall–Kier alpha value is -1.64. The molecule has 3 aliphatic heterocycles. The number of carbonyl (C=O) groups excluding carboxylic acids is 2. The highest BCUT2D eigenvalue weighted by molar-refractivity contribution is 5.92. The Morgan fingerprint density at radius 1 is 1.03 bits per heavy atom. The summed E-state index contributed by atoms with van der Waals surface area (Å²) in [7, 11) is 0. The first-order valence-corrected chi connectivity index (χ1v) is 10.6. The minimum Gasteiger partial charge on any atom is -0.355 e. The van der Waals surface area contributed by atoms with Gasteiger partial charge in [-0.3, -0.25) is 9.59 Å². The molecule has 2 unspecified atom stereocenters. The van der Waals surface area contributed by atoms with E-state index in [1.54, 1.807) is 6.07 Å². The summed E-state index contributed by atoms with van der Waals surface area (Å²) < 4.78 is 0. The van der Waals surface area contributed by atoms with Crippen molar-refractivity contribution < 1.29 is 9.59 Å². The summed E-state index contributed by atoms with van der Waals surface area (Å²) in [5.74, 6) is 1.17. The summed E-state index contributed by atoms with van der Waals surface area (Å²) >= 11 is 0. The first-order chi connectivity index (χ1) is 13.7. The first kappa shape index (κ1) is 24.6. The predicted molar refractivity (Wildman–Crippen MR) is 121 cm³/mol. The normalized spacial score (nSPS) is 23.5. The standard InChI is InChI=1S/C20H30N6O2.2ClH/c27-19(16-6-3-9-21-16)22-13-15-5-4-12-26(14-15)20(28)17-7-8-18(24-23-17)25-10-1-2-11-25;;/h7-8,15-16,21H,1-6,9-14H2,(H,22,27);2*1H. The minimum absolute atomic E-state index is 0. The topological polar surface area (TPSA) is 90.5 Å². The molecule has 4 heterocycles. The van der Waals surface area contributed by atoms with Crippen molar-refractivity contribution in [3.8, 4) is 0 Å². The van der Waals surface area contributed by atoms with E-state index < -0.39 is 0 Å². The molecule has 30 heavy (non-hydrogen) atoms. The van der Waals surface area contributed by atoms with Crippen LogP contribution in [0.5, 0.6) is 0 Å². The van der Waals surface area contributed by atoms with E-state index in [-0.39, 0.29) is 42.7 Å². The van der Waals surface area contributed by atoms with Gasteiger partial charge in [-0.05, 0) is 63.1 Å². The molecule has 3 aliphatic rings. The zero-order valence-electron chi connectivity index (χ0n) is 17.2. The molecule has 0 radical (unpaired) electrons. The average Bonchev–Trinajstić information content (AvgIpc) is 3.46. The second-order valence-electron chi connectivity index (χ2n) is 8.12. The Bertz CT molecular complexity index is 693. The van der Waals surface area contributed by atoms with Crippen LogP contribution in [0.1, 0.15) is 49.0 Å². The number of carbonyl (C=O) groups is 2. The SMILES string of the molecule is Cl.Cl.O=C(NCC1CCCN(C(=O)c2ccc(N3CCCC3)nn2)C1)C1CCCN1. The lowest BCUT2D eigenvalue weighted by Crippen LogP contribution is -2.46. The zero-order chi connectivity index (χ0) is 19.3. The lowest BCUT2D eigenvalue weighted by atomic mass is 9.97. The summed E-state index contributed by atoms with van der Waals surface area (Å²) in [6.45, 7) is 4.97. The fourth-order valence-electron chi connectivity index (χ4n) is 4.41. The molecule has 1 aromatic heterocycles. The first-order valence-electron chi connectivity index (χ1n) is 10.6. The number of aromatic nitrogens is 2. The van der Waals surface area contributed by atoms with Crippen LogP contribution in [0.2, 0.25) is 0 Å². The van der Waals surface area contributed by atoms with Crippen molar-refractivity contribution >= 4 is 42.4 Å². The van der Waals surface area contributed by atoms with E-state index in [1.807, 2.05) is 11.0 Å². The Kier molecular flexibility index (Phi) is 9.58. The van der Waals surface area contributed by atoms with Crippen LogP contribution in [-0.4, -0.2) is 72.2 Å². The van der Waals surface area contributed by atoms with Gasteiger partial charge in [-0.1, -0.05) is 0 Å². The van der Waals surface area contributed by atoms with Crippen LogP contribution < -0.4 is 15.5 Å². The number of nitrogens with one attached hydrogen (secondary N) is 2. The number of nitrogens with zero attached hydrogens (tertiary/aromatic N) is 4. The van der Waals surface area contributed by atoms with Crippen LogP contribution in [0, 0.1) is 5.92 Å². The van der Waals surface area contributed by atoms with E-state index in [4.69, 9.17) is 0 Å². The van der Waals surface area contributed by atoms with Crippen molar-refractivity contribution in [3.05, 3.63) is 17.8 Å². The van der Waals surface area contributed by atoms with Crippen LogP contribution in [0.4, 0.5) is 5.82 Å². The number of hydrogen-bond acceptors (Lipinski definition) is 6. The summed E-state index contributed by atoms with van der Waals surface area (Å²) in [6.07, 6.45) is 6.32. The number of anilines is 1. The van der Waals surface area contributed by atoms with Gasteiger partial charge in [0.05, 0.1) is 6.04 Å². The van der Waals surface area contributed by atoms with Gasteiger partial charge in [0.2, 0.25) is 5.91 Å². The summed E-state index contributed by atoms with van der Waals surface area (Å²) in [4.78, 5) is 29.1. The molecule has 8 nitrogen and oxygen atoms in total. The lowest BCUT2D eigenvalue weighted by molar-refractivity contribution is -0.123. The van der Waals surface area contributed by atoms with Crippen molar-refractivity contribution in [2.24, 2.45) is 5.92 Å². The monoisotopic (exact) mass is 458 g/mol. The van der Waals surface area contributed by atoms with Crippen LogP contribution in [-0.2, 0) is 4.79 Å². The molecule has 1 aromatic rings. The summed E-state index contributed by atoms with van der Waals surface area (Å²) in [5, 5.41) is 14.7. The van der Waals surface area contributed by atoms with Crippen LogP contribution in [0.3, 0.4) is 0 Å². The third-order valence-electron chi connectivity index (χ3n) is 6.05. The van der Waals surface area contributed by atoms with Crippen molar-refractivity contribution in [2.45, 2.75) is 44.6 Å². The van der Waals surface area contributed by atoms with E-state index in [9.17, 15) is 9.59 Å². The van der Waals surface area contributed by atoms with Gasteiger partial charge in [0.25, 0.3) is 5.91 Å². The van der Waals surface area contributed by atoms with Gasteiger partial charge in [-0.15, -0.1) is 35.0 Å². The Morgan fingerprint density at radius 3 is 2.50 bits per heavy atom. The van der Waals surface area contributed by atoms with E-state index in [1.165, 1.54) is 12.8 Å². The number of rotatable bonds is 5. The lowest BCUT2D eigenvalue weighted by Gasteiger charge is -2.32. The molecular formula is C20H32Cl2N6O2. The van der Waals surface area contributed by atoms with Gasteiger partial charge in [0.15, 0.2) is 11.5 Å². The van der Waals surface area contributed by atoms with Crippen LogP contribution in [0.25, 0.3) is 0 Å². The number of hydrogen-bond donors (Lipinski definition) is 2. The molecule has 2 amide bonds. The molecular weight excluding hydrogens is 427 g/mol.